The van der Waals surface area contributed by atoms with Gasteiger partial charge in [0.1, 0.15) is 11.9 Å². The second-order valence-corrected chi connectivity index (χ2v) is 6.79. The third kappa shape index (κ3) is 2.37. The van der Waals surface area contributed by atoms with Crippen LogP contribution in [-0.4, -0.2) is 24.1 Å². The molecule has 0 aliphatic carbocycles. The quantitative estimate of drug-likeness (QED) is 0.566. The van der Waals surface area contributed by atoms with Crippen molar-refractivity contribution >= 4 is 28.4 Å². The van der Waals surface area contributed by atoms with Crippen LogP contribution >= 0.6 is 11.8 Å². The summed E-state index contributed by atoms with van der Waals surface area (Å²) in [4.78, 5) is 4.71. The average molecular weight is 348 g/mol. The van der Waals surface area contributed by atoms with Crippen LogP contribution in [0.1, 0.15) is 23.9 Å². The van der Waals surface area contributed by atoms with Gasteiger partial charge < -0.3 is 4.57 Å². The molecule has 0 bridgehead atoms. The summed E-state index contributed by atoms with van der Waals surface area (Å²) in [6.45, 7) is 3.98. The van der Waals surface area contributed by atoms with Crippen LogP contribution in [-0.2, 0) is 13.5 Å². The molecule has 0 saturated carbocycles. The Labute approximate surface area is 149 Å². The molecule has 0 unspecified atom stereocenters. The monoisotopic (exact) mass is 348 g/mol. The van der Waals surface area contributed by atoms with E-state index in [0.29, 0.717) is 11.2 Å². The van der Waals surface area contributed by atoms with Gasteiger partial charge in [0.25, 0.3) is 0 Å². The number of rotatable bonds is 3. The van der Waals surface area contributed by atoms with Crippen molar-refractivity contribution in [3.8, 4) is 6.07 Å². The van der Waals surface area contributed by atoms with Crippen molar-refractivity contribution in [2.45, 2.75) is 30.5 Å². The van der Waals surface area contributed by atoms with Gasteiger partial charge in [-0.15, -0.1) is 10.2 Å². The summed E-state index contributed by atoms with van der Waals surface area (Å²) >= 11 is 1.54. The van der Waals surface area contributed by atoms with Crippen molar-refractivity contribution in [1.29, 1.82) is 5.26 Å². The van der Waals surface area contributed by atoms with E-state index >= 15 is 0 Å². The summed E-state index contributed by atoms with van der Waals surface area (Å²) in [7, 11) is 1.95. The molecule has 0 N–H and O–H groups in total. The van der Waals surface area contributed by atoms with E-state index in [2.05, 4.69) is 29.3 Å². The molecule has 0 spiro atoms. The van der Waals surface area contributed by atoms with E-state index in [0.717, 1.165) is 39.0 Å². The lowest BCUT2D eigenvalue weighted by molar-refractivity contribution is 0.764. The first-order chi connectivity index (χ1) is 12.1. The van der Waals surface area contributed by atoms with Crippen LogP contribution in [0.3, 0.4) is 0 Å². The molecule has 0 aliphatic heterocycles. The molecule has 0 radical (unpaired) electrons. The molecule has 0 saturated heterocycles. The highest BCUT2D eigenvalue weighted by atomic mass is 32.2. The van der Waals surface area contributed by atoms with Gasteiger partial charge in [0.2, 0.25) is 0 Å². The maximum atomic E-state index is 9.66. The molecule has 124 valence electrons. The van der Waals surface area contributed by atoms with Gasteiger partial charge in [-0.3, -0.25) is 4.40 Å². The highest BCUT2D eigenvalue weighted by molar-refractivity contribution is 7.99. The molecule has 25 heavy (non-hydrogen) atoms. The number of nitrogens with zero attached hydrogens (tertiary/aromatic N) is 6. The summed E-state index contributed by atoms with van der Waals surface area (Å²) in [5, 5.41) is 19.8. The third-order valence-corrected chi connectivity index (χ3v) is 5.41. The third-order valence-electron chi connectivity index (χ3n) is 4.36. The Morgan fingerprint density at radius 3 is 2.72 bits per heavy atom. The van der Waals surface area contributed by atoms with Gasteiger partial charge in [-0.05, 0) is 48.9 Å². The Kier molecular flexibility index (Phi) is 3.70. The summed E-state index contributed by atoms with van der Waals surface area (Å²) < 4.78 is 4.00. The number of para-hydroxylation sites is 2. The zero-order chi connectivity index (χ0) is 17.6. The smallest absolute Gasteiger partial charge is 0.197 e. The van der Waals surface area contributed by atoms with E-state index in [1.807, 2.05) is 47.2 Å². The van der Waals surface area contributed by atoms with E-state index in [1.165, 1.54) is 11.8 Å². The van der Waals surface area contributed by atoms with Crippen molar-refractivity contribution in [3.05, 3.63) is 47.3 Å². The summed E-state index contributed by atoms with van der Waals surface area (Å²) in [6.07, 6.45) is 0.772. The molecule has 4 aromatic rings. The molecule has 0 amide bonds. The zero-order valence-electron chi connectivity index (χ0n) is 14.2. The largest absolute Gasteiger partial charge is 0.309 e. The van der Waals surface area contributed by atoms with Crippen LogP contribution in [0.5, 0.6) is 0 Å². The van der Waals surface area contributed by atoms with E-state index in [4.69, 9.17) is 4.98 Å². The van der Waals surface area contributed by atoms with Crippen molar-refractivity contribution < 1.29 is 0 Å². The molecule has 6 nitrogen and oxygen atoms in total. The highest BCUT2D eigenvalue weighted by Gasteiger charge is 2.18. The number of benzene rings is 1. The minimum atomic E-state index is 0.636. The Balaban J connectivity index is 2.05. The Hall–Kier alpha value is -2.85. The van der Waals surface area contributed by atoms with Crippen LogP contribution in [0.15, 0.2) is 40.5 Å². The lowest BCUT2D eigenvalue weighted by atomic mass is 10.1. The number of nitriles is 1. The molecular weight excluding hydrogens is 332 g/mol. The zero-order valence-corrected chi connectivity index (χ0v) is 15.0. The van der Waals surface area contributed by atoms with Gasteiger partial charge in [0.05, 0.1) is 21.6 Å². The van der Waals surface area contributed by atoms with Gasteiger partial charge in [-0.25, -0.2) is 4.98 Å². The van der Waals surface area contributed by atoms with E-state index < -0.39 is 0 Å². The van der Waals surface area contributed by atoms with Crippen LogP contribution in [0.25, 0.3) is 16.7 Å². The fourth-order valence-electron chi connectivity index (χ4n) is 2.89. The first-order valence-corrected chi connectivity index (χ1v) is 8.82. The molecule has 0 atom stereocenters. The molecule has 1 aromatic carbocycles. The number of imidazole rings is 1. The Bertz CT molecular complexity index is 1150. The van der Waals surface area contributed by atoms with Crippen LogP contribution in [0.4, 0.5) is 0 Å². The number of pyridine rings is 1. The lowest BCUT2D eigenvalue weighted by Gasteiger charge is -2.10. The van der Waals surface area contributed by atoms with Crippen LogP contribution < -0.4 is 0 Å². The fourth-order valence-corrected chi connectivity index (χ4v) is 3.91. The minimum absolute atomic E-state index is 0.636. The van der Waals surface area contributed by atoms with Gasteiger partial charge in [0.15, 0.2) is 10.8 Å². The van der Waals surface area contributed by atoms with E-state index in [-0.39, 0.29) is 0 Å². The van der Waals surface area contributed by atoms with E-state index in [1.54, 1.807) is 0 Å². The van der Waals surface area contributed by atoms with Gasteiger partial charge >= 0.3 is 0 Å². The Morgan fingerprint density at radius 1 is 1.24 bits per heavy atom. The maximum Gasteiger partial charge on any atom is 0.197 e. The molecule has 3 heterocycles. The van der Waals surface area contributed by atoms with Crippen molar-refractivity contribution in [2.75, 3.05) is 0 Å². The number of hydrogen-bond donors (Lipinski definition) is 0. The lowest BCUT2D eigenvalue weighted by Crippen LogP contribution is -2.00. The van der Waals surface area contributed by atoms with Crippen molar-refractivity contribution in [3.63, 3.8) is 0 Å². The second kappa shape index (κ2) is 5.90. The predicted molar refractivity (Wildman–Crippen MR) is 96.7 cm³/mol. The molecule has 0 aliphatic rings. The molecular formula is C18H16N6S. The van der Waals surface area contributed by atoms with Gasteiger partial charge in [-0.2, -0.15) is 5.26 Å². The van der Waals surface area contributed by atoms with Crippen LogP contribution in [0.2, 0.25) is 0 Å². The summed E-state index contributed by atoms with van der Waals surface area (Å²) in [5.74, 6) is 0.860. The SMILES string of the molecule is CCc1cc(Sc2nnc(C)n2C)n2c(nc3ccccc32)c1C#N. The highest BCUT2D eigenvalue weighted by Crippen LogP contribution is 2.33. The number of aryl methyl sites for hydroxylation is 2. The molecule has 3 aromatic heterocycles. The number of aromatic nitrogens is 5. The summed E-state index contributed by atoms with van der Waals surface area (Å²) in [5.41, 5.74) is 4.19. The molecule has 7 heteroatoms. The summed E-state index contributed by atoms with van der Waals surface area (Å²) in [6, 6.07) is 12.3. The van der Waals surface area contributed by atoms with E-state index in [9.17, 15) is 5.26 Å². The first-order valence-electron chi connectivity index (χ1n) is 8.01. The van der Waals surface area contributed by atoms with Crippen molar-refractivity contribution in [2.24, 2.45) is 7.05 Å². The molecule has 0 fully saturated rings. The standard InChI is InChI=1S/C18H16N6S/c1-4-12-9-16(25-18-22-21-11(2)23(18)3)24-15-8-6-5-7-14(15)20-17(24)13(12)10-19/h5-9H,4H2,1-3H3. The average Bonchev–Trinajstić information content (AvgIpc) is 3.16. The Morgan fingerprint density at radius 2 is 2.04 bits per heavy atom. The fraction of sp³-hybridized carbons (Fsp3) is 0.222. The topological polar surface area (TPSA) is 71.8 Å². The normalized spacial score (nSPS) is 11.3. The first kappa shape index (κ1) is 15.7. The predicted octanol–water partition coefficient (Wildman–Crippen LogP) is 3.51. The minimum Gasteiger partial charge on any atom is -0.309 e. The number of fused-ring (bicyclic) bond motifs is 3. The van der Waals surface area contributed by atoms with Crippen LogP contribution in [0, 0.1) is 18.3 Å². The maximum absolute atomic E-state index is 9.66. The second-order valence-electron chi connectivity index (χ2n) is 5.80. The molecule has 4 rings (SSSR count). The van der Waals surface area contributed by atoms with Gasteiger partial charge in [0, 0.05) is 7.05 Å². The van der Waals surface area contributed by atoms with Gasteiger partial charge in [-0.1, -0.05) is 19.1 Å². The van der Waals surface area contributed by atoms with Crippen molar-refractivity contribution in [1.82, 2.24) is 24.1 Å². The number of hydrogen-bond acceptors (Lipinski definition) is 5.